The van der Waals surface area contributed by atoms with Gasteiger partial charge in [0.15, 0.2) is 0 Å². The van der Waals surface area contributed by atoms with E-state index in [2.05, 4.69) is 5.32 Å². The van der Waals surface area contributed by atoms with Crippen molar-refractivity contribution in [3.05, 3.63) is 0 Å². The lowest BCUT2D eigenvalue weighted by Crippen LogP contribution is -2.56. The second-order valence-electron chi connectivity index (χ2n) is 4.74. The van der Waals surface area contributed by atoms with Crippen molar-refractivity contribution in [1.82, 2.24) is 10.2 Å². The van der Waals surface area contributed by atoms with Crippen molar-refractivity contribution in [1.29, 1.82) is 0 Å². The highest BCUT2D eigenvalue weighted by molar-refractivity contribution is 5.93. The number of nitrogens with zero attached hydrogens (tertiary/aromatic N) is 1. The van der Waals surface area contributed by atoms with Crippen LogP contribution < -0.4 is 5.32 Å². The van der Waals surface area contributed by atoms with Gasteiger partial charge in [-0.1, -0.05) is 13.8 Å². The first-order valence-corrected chi connectivity index (χ1v) is 6.41. The van der Waals surface area contributed by atoms with Gasteiger partial charge in [-0.3, -0.25) is 9.59 Å². The van der Waals surface area contributed by atoms with Crippen molar-refractivity contribution in [2.45, 2.75) is 51.2 Å². The van der Waals surface area contributed by atoms with E-state index in [9.17, 15) is 22.8 Å². The van der Waals surface area contributed by atoms with Gasteiger partial charge in [-0.15, -0.1) is 0 Å². The van der Waals surface area contributed by atoms with Crippen LogP contribution in [0.25, 0.3) is 0 Å². The van der Waals surface area contributed by atoms with Crippen LogP contribution in [-0.4, -0.2) is 41.5 Å². The summed E-state index contributed by atoms with van der Waals surface area (Å²) in [6.45, 7) is 3.14. The van der Waals surface area contributed by atoms with Gasteiger partial charge in [0.05, 0.1) is 6.42 Å². The van der Waals surface area contributed by atoms with E-state index in [1.165, 1.54) is 0 Å². The van der Waals surface area contributed by atoms with Gasteiger partial charge in [0.2, 0.25) is 11.8 Å². The number of nitrogens with one attached hydrogen (secondary N) is 1. The second kappa shape index (κ2) is 5.79. The number of hydrogen-bond donors (Lipinski definition) is 1. The number of carbonyl (C=O) groups excluding carboxylic acids is 2. The minimum Gasteiger partial charge on any atom is -0.342 e. The minimum absolute atomic E-state index is 0.0441. The first-order chi connectivity index (χ1) is 8.74. The highest BCUT2D eigenvalue weighted by Crippen LogP contribution is 2.25. The van der Waals surface area contributed by atoms with Gasteiger partial charge in [-0.05, 0) is 12.8 Å². The molecule has 1 fully saturated rings. The number of rotatable bonds is 4. The summed E-state index contributed by atoms with van der Waals surface area (Å²) in [6, 6.07) is 0. The Labute approximate surface area is 110 Å². The van der Waals surface area contributed by atoms with E-state index < -0.39 is 24.0 Å². The zero-order valence-electron chi connectivity index (χ0n) is 11.1. The summed E-state index contributed by atoms with van der Waals surface area (Å²) in [5.74, 6) is -0.695. The van der Waals surface area contributed by atoms with Crippen LogP contribution >= 0.6 is 0 Å². The minimum atomic E-state index is -4.30. The predicted octanol–water partition coefficient (Wildman–Crippen LogP) is 1.85. The second-order valence-corrected chi connectivity index (χ2v) is 4.74. The van der Waals surface area contributed by atoms with Crippen molar-refractivity contribution >= 4 is 11.8 Å². The topological polar surface area (TPSA) is 49.4 Å². The summed E-state index contributed by atoms with van der Waals surface area (Å²) in [5, 5.41) is 2.66. The molecule has 0 aromatic rings. The van der Waals surface area contributed by atoms with E-state index in [0.29, 0.717) is 12.8 Å². The molecule has 0 bridgehead atoms. The molecule has 19 heavy (non-hydrogen) atoms. The lowest BCUT2D eigenvalue weighted by atomic mass is 9.91. The highest BCUT2D eigenvalue weighted by Gasteiger charge is 2.42. The first-order valence-electron chi connectivity index (χ1n) is 6.41. The van der Waals surface area contributed by atoms with Gasteiger partial charge in [-0.25, -0.2) is 0 Å². The Morgan fingerprint density at radius 3 is 2.32 bits per heavy atom. The van der Waals surface area contributed by atoms with Crippen LogP contribution in [0.2, 0.25) is 0 Å². The van der Waals surface area contributed by atoms with Crippen LogP contribution in [0.4, 0.5) is 13.2 Å². The average Bonchev–Trinajstić information content (AvgIpc) is 2.45. The molecule has 1 saturated heterocycles. The number of hydrogen-bond acceptors (Lipinski definition) is 2. The van der Waals surface area contributed by atoms with E-state index in [-0.39, 0.29) is 25.4 Å². The molecular formula is C12H19F3N2O2. The molecule has 110 valence electrons. The number of carbonyl (C=O) groups is 2. The van der Waals surface area contributed by atoms with E-state index >= 15 is 0 Å². The third-order valence-corrected chi connectivity index (χ3v) is 3.56. The molecule has 0 aromatic carbocycles. The van der Waals surface area contributed by atoms with Gasteiger partial charge >= 0.3 is 6.18 Å². The van der Waals surface area contributed by atoms with Crippen molar-refractivity contribution in [2.24, 2.45) is 0 Å². The SMILES string of the molecule is CCC1(CC)NC(=O)CCN(CCC(F)(F)F)C1=O. The fraction of sp³-hybridized carbons (Fsp3) is 0.833. The van der Waals surface area contributed by atoms with Gasteiger partial charge < -0.3 is 10.2 Å². The van der Waals surface area contributed by atoms with Crippen LogP contribution in [0.1, 0.15) is 39.5 Å². The molecule has 0 spiro atoms. The Morgan fingerprint density at radius 1 is 1.26 bits per heavy atom. The van der Waals surface area contributed by atoms with Crippen LogP contribution in [-0.2, 0) is 9.59 Å². The fourth-order valence-electron chi connectivity index (χ4n) is 2.23. The quantitative estimate of drug-likeness (QED) is 0.854. The smallest absolute Gasteiger partial charge is 0.342 e. The van der Waals surface area contributed by atoms with Crippen LogP contribution in [0.15, 0.2) is 0 Å². The maximum atomic E-state index is 12.3. The van der Waals surface area contributed by atoms with Crippen molar-refractivity contribution in [2.75, 3.05) is 13.1 Å². The van der Waals surface area contributed by atoms with Gasteiger partial charge in [-0.2, -0.15) is 13.2 Å². The molecule has 4 nitrogen and oxygen atoms in total. The molecule has 0 radical (unpaired) electrons. The Morgan fingerprint density at radius 2 is 1.84 bits per heavy atom. The summed E-state index contributed by atoms with van der Waals surface area (Å²) in [6.07, 6.45) is -4.56. The van der Waals surface area contributed by atoms with E-state index in [1.54, 1.807) is 13.8 Å². The molecule has 1 heterocycles. The summed E-state index contributed by atoms with van der Waals surface area (Å²) < 4.78 is 36.8. The zero-order chi connectivity index (χ0) is 14.7. The van der Waals surface area contributed by atoms with E-state index in [1.807, 2.05) is 0 Å². The molecular weight excluding hydrogens is 261 g/mol. The molecule has 1 N–H and O–H groups in total. The Kier molecular flexibility index (Phi) is 4.81. The van der Waals surface area contributed by atoms with Crippen LogP contribution in [0.3, 0.4) is 0 Å². The molecule has 1 rings (SSSR count). The van der Waals surface area contributed by atoms with Crippen molar-refractivity contribution < 1.29 is 22.8 Å². The van der Waals surface area contributed by atoms with E-state index in [4.69, 9.17) is 0 Å². The molecule has 1 aliphatic heterocycles. The molecule has 1 aliphatic rings. The van der Waals surface area contributed by atoms with Crippen molar-refractivity contribution in [3.63, 3.8) is 0 Å². The number of alkyl halides is 3. The largest absolute Gasteiger partial charge is 0.390 e. The maximum absolute atomic E-state index is 12.3. The van der Waals surface area contributed by atoms with Crippen LogP contribution in [0.5, 0.6) is 0 Å². The fourth-order valence-corrected chi connectivity index (χ4v) is 2.23. The van der Waals surface area contributed by atoms with Gasteiger partial charge in [0.25, 0.3) is 0 Å². The molecule has 0 aliphatic carbocycles. The third-order valence-electron chi connectivity index (χ3n) is 3.56. The Bertz CT molecular complexity index is 351. The summed E-state index contributed by atoms with van der Waals surface area (Å²) in [4.78, 5) is 25.1. The summed E-state index contributed by atoms with van der Waals surface area (Å²) in [7, 11) is 0. The maximum Gasteiger partial charge on any atom is 0.390 e. The molecule has 0 aromatic heterocycles. The van der Waals surface area contributed by atoms with Gasteiger partial charge in [0.1, 0.15) is 5.54 Å². The number of amides is 2. The molecule has 2 amide bonds. The van der Waals surface area contributed by atoms with E-state index in [0.717, 1.165) is 4.90 Å². The monoisotopic (exact) mass is 280 g/mol. The molecule has 0 saturated carbocycles. The van der Waals surface area contributed by atoms with Gasteiger partial charge in [0, 0.05) is 19.5 Å². The molecule has 0 atom stereocenters. The van der Waals surface area contributed by atoms with Crippen LogP contribution in [0, 0.1) is 0 Å². The Balaban J connectivity index is 2.87. The third kappa shape index (κ3) is 3.84. The molecule has 7 heteroatoms. The van der Waals surface area contributed by atoms with Crippen molar-refractivity contribution in [3.8, 4) is 0 Å². The number of halogens is 3. The summed E-state index contributed by atoms with van der Waals surface area (Å²) in [5.41, 5.74) is -1.06. The normalized spacial score (nSPS) is 20.2. The lowest BCUT2D eigenvalue weighted by Gasteiger charge is -2.33. The molecule has 0 unspecified atom stereocenters. The zero-order valence-corrected chi connectivity index (χ0v) is 11.1. The lowest BCUT2D eigenvalue weighted by molar-refractivity contribution is -0.149. The Hall–Kier alpha value is -1.27. The standard InChI is InChI=1S/C12H19F3N2O2/c1-3-11(4-2)10(19)17(7-5-9(18)16-11)8-6-12(13,14)15/h3-8H2,1-2H3,(H,16,18). The highest BCUT2D eigenvalue weighted by atomic mass is 19.4. The predicted molar refractivity (Wildman–Crippen MR) is 63.3 cm³/mol. The first kappa shape index (κ1) is 15.8. The average molecular weight is 280 g/mol. The summed E-state index contributed by atoms with van der Waals surface area (Å²) >= 11 is 0.